The number of thioether (sulfide) groups is 1. The fourth-order valence-electron chi connectivity index (χ4n) is 2.32. The molecule has 2 rings (SSSR count). The normalized spacial score (nSPS) is 12.2. The van der Waals surface area contributed by atoms with E-state index in [0.29, 0.717) is 10.6 Å². The molecular formula is C17H24N4O2S2. The molecule has 0 aliphatic carbocycles. The van der Waals surface area contributed by atoms with Gasteiger partial charge in [-0.2, -0.15) is 0 Å². The predicted molar refractivity (Wildman–Crippen MR) is 103 cm³/mol. The number of hydrogen-bond acceptors (Lipinski definition) is 5. The molecule has 2 amide bonds. The average Bonchev–Trinajstić information content (AvgIpc) is 3.11. The minimum Gasteiger partial charge on any atom is -0.366 e. The number of nitrogens with zero attached hydrogens (tertiary/aromatic N) is 2. The van der Waals surface area contributed by atoms with Gasteiger partial charge >= 0.3 is 0 Å². The van der Waals surface area contributed by atoms with Gasteiger partial charge in [-0.15, -0.1) is 11.3 Å². The highest BCUT2D eigenvalue weighted by molar-refractivity contribution is 8.00. The van der Waals surface area contributed by atoms with Gasteiger partial charge in [-0.3, -0.25) is 9.59 Å². The molecule has 0 aliphatic heterocycles. The van der Waals surface area contributed by atoms with Crippen molar-refractivity contribution < 1.29 is 9.59 Å². The molecule has 0 saturated heterocycles. The van der Waals surface area contributed by atoms with Crippen molar-refractivity contribution in [2.45, 2.75) is 57.5 Å². The molecule has 136 valence electrons. The van der Waals surface area contributed by atoms with Crippen LogP contribution in [0.4, 0.5) is 5.00 Å². The van der Waals surface area contributed by atoms with E-state index < -0.39 is 5.91 Å². The number of aryl methyl sites for hydroxylation is 1. The number of rotatable bonds is 8. The first kappa shape index (κ1) is 19.5. The lowest BCUT2D eigenvalue weighted by Crippen LogP contribution is -2.24. The summed E-state index contributed by atoms with van der Waals surface area (Å²) in [5.41, 5.74) is 7.78. The summed E-state index contributed by atoms with van der Waals surface area (Å²) in [4.78, 5) is 28.5. The largest absolute Gasteiger partial charge is 0.366 e. The highest BCUT2D eigenvalue weighted by Crippen LogP contribution is 2.28. The van der Waals surface area contributed by atoms with Crippen LogP contribution in [0.5, 0.6) is 0 Å². The Kier molecular flexibility index (Phi) is 6.66. The number of thiophene rings is 1. The maximum Gasteiger partial charge on any atom is 0.251 e. The standard InChI is InChI=1S/C17H24N4O2S2/c1-5-6-8-21-11(3)10(2)19-17(21)25-12(4)15(23)20-16-13(14(18)22)7-9-24-16/h7,9,12H,5-6,8H2,1-4H3,(H2,18,22)(H,20,23). The Morgan fingerprint density at radius 3 is 2.80 bits per heavy atom. The maximum atomic E-state index is 12.5. The Balaban J connectivity index is 2.10. The third-order valence-corrected chi connectivity index (χ3v) is 5.90. The van der Waals surface area contributed by atoms with Gasteiger partial charge in [-0.25, -0.2) is 4.98 Å². The zero-order chi connectivity index (χ0) is 18.6. The molecule has 1 atom stereocenters. The van der Waals surface area contributed by atoms with Gasteiger partial charge in [0.25, 0.3) is 5.91 Å². The number of carbonyl (C=O) groups is 2. The summed E-state index contributed by atoms with van der Waals surface area (Å²) in [6, 6.07) is 1.62. The second kappa shape index (κ2) is 8.53. The van der Waals surface area contributed by atoms with Crippen LogP contribution in [0.1, 0.15) is 48.4 Å². The molecule has 0 spiro atoms. The van der Waals surface area contributed by atoms with E-state index >= 15 is 0 Å². The Morgan fingerprint density at radius 1 is 1.44 bits per heavy atom. The number of hydrogen-bond donors (Lipinski definition) is 2. The number of nitrogens with one attached hydrogen (secondary N) is 1. The Morgan fingerprint density at radius 2 is 2.16 bits per heavy atom. The van der Waals surface area contributed by atoms with Crippen LogP contribution in [0.15, 0.2) is 16.6 Å². The van der Waals surface area contributed by atoms with Crippen molar-refractivity contribution >= 4 is 39.9 Å². The van der Waals surface area contributed by atoms with Gasteiger partial charge < -0.3 is 15.6 Å². The maximum absolute atomic E-state index is 12.5. The second-order valence-electron chi connectivity index (χ2n) is 5.85. The number of primary amides is 1. The van der Waals surface area contributed by atoms with Crippen LogP contribution in [0, 0.1) is 13.8 Å². The monoisotopic (exact) mass is 380 g/mol. The molecule has 2 heterocycles. The lowest BCUT2D eigenvalue weighted by Gasteiger charge is -2.13. The zero-order valence-electron chi connectivity index (χ0n) is 15.0. The zero-order valence-corrected chi connectivity index (χ0v) is 16.6. The summed E-state index contributed by atoms with van der Waals surface area (Å²) in [6.07, 6.45) is 2.17. The molecule has 6 nitrogen and oxygen atoms in total. The van der Waals surface area contributed by atoms with Crippen LogP contribution < -0.4 is 11.1 Å². The van der Waals surface area contributed by atoms with Crippen molar-refractivity contribution in [2.24, 2.45) is 5.73 Å². The summed E-state index contributed by atoms with van der Waals surface area (Å²) < 4.78 is 2.17. The highest BCUT2D eigenvalue weighted by Gasteiger charge is 2.21. The SMILES string of the molecule is CCCCn1c(SC(C)C(=O)Nc2sccc2C(N)=O)nc(C)c1C. The lowest BCUT2D eigenvalue weighted by molar-refractivity contribution is -0.115. The number of amides is 2. The van der Waals surface area contributed by atoms with Crippen LogP contribution in [0.25, 0.3) is 0 Å². The van der Waals surface area contributed by atoms with E-state index in [9.17, 15) is 9.59 Å². The van der Waals surface area contributed by atoms with Gasteiger partial charge in [0, 0.05) is 12.2 Å². The average molecular weight is 381 g/mol. The fourth-order valence-corrected chi connectivity index (χ4v) is 4.14. The Hall–Kier alpha value is -1.80. The van der Waals surface area contributed by atoms with Crippen molar-refractivity contribution in [1.82, 2.24) is 9.55 Å². The first-order valence-corrected chi connectivity index (χ1v) is 9.99. The van der Waals surface area contributed by atoms with Gasteiger partial charge in [-0.05, 0) is 38.6 Å². The van der Waals surface area contributed by atoms with Crippen molar-refractivity contribution in [2.75, 3.05) is 5.32 Å². The van der Waals surface area contributed by atoms with Crippen LogP contribution in [-0.2, 0) is 11.3 Å². The summed E-state index contributed by atoms with van der Waals surface area (Å²) in [5.74, 6) is -0.714. The summed E-state index contributed by atoms with van der Waals surface area (Å²) in [6.45, 7) is 8.92. The summed E-state index contributed by atoms with van der Waals surface area (Å²) in [5, 5.41) is 5.53. The van der Waals surface area contributed by atoms with Crippen molar-refractivity contribution in [3.05, 3.63) is 28.4 Å². The molecule has 0 fully saturated rings. The smallest absolute Gasteiger partial charge is 0.251 e. The number of anilines is 1. The minimum absolute atomic E-state index is 0.171. The van der Waals surface area contributed by atoms with Crippen molar-refractivity contribution in [3.8, 4) is 0 Å². The molecule has 3 N–H and O–H groups in total. The topological polar surface area (TPSA) is 90.0 Å². The molecule has 0 saturated carbocycles. The second-order valence-corrected chi connectivity index (χ2v) is 8.07. The molecular weight excluding hydrogens is 356 g/mol. The number of imidazole rings is 1. The van der Waals surface area contributed by atoms with E-state index in [-0.39, 0.29) is 11.2 Å². The molecule has 25 heavy (non-hydrogen) atoms. The first-order chi connectivity index (χ1) is 11.8. The fraction of sp³-hybridized carbons (Fsp3) is 0.471. The third kappa shape index (κ3) is 4.64. The molecule has 0 bridgehead atoms. The first-order valence-electron chi connectivity index (χ1n) is 8.23. The molecule has 0 aromatic carbocycles. The van der Waals surface area contributed by atoms with Gasteiger partial charge in [-0.1, -0.05) is 25.1 Å². The molecule has 2 aromatic heterocycles. The van der Waals surface area contributed by atoms with E-state index in [4.69, 9.17) is 5.73 Å². The van der Waals surface area contributed by atoms with Crippen LogP contribution in [-0.4, -0.2) is 26.6 Å². The molecule has 0 aliphatic rings. The number of carbonyl (C=O) groups excluding carboxylic acids is 2. The predicted octanol–water partition coefficient (Wildman–Crippen LogP) is 3.58. The summed E-state index contributed by atoms with van der Waals surface area (Å²) >= 11 is 2.72. The van der Waals surface area contributed by atoms with Gasteiger partial charge in [0.2, 0.25) is 5.91 Å². The van der Waals surface area contributed by atoms with E-state index in [0.717, 1.165) is 35.9 Å². The summed E-state index contributed by atoms with van der Waals surface area (Å²) in [7, 11) is 0. The minimum atomic E-state index is -0.543. The van der Waals surface area contributed by atoms with E-state index in [1.54, 1.807) is 11.4 Å². The number of nitrogens with two attached hydrogens (primary N) is 1. The Labute approximate surface area is 156 Å². The third-order valence-electron chi connectivity index (χ3n) is 3.98. The van der Waals surface area contributed by atoms with E-state index in [2.05, 4.69) is 28.7 Å². The number of unbranched alkanes of at least 4 members (excludes halogenated alkanes) is 1. The number of aromatic nitrogens is 2. The van der Waals surface area contributed by atoms with Crippen LogP contribution in [0.3, 0.4) is 0 Å². The van der Waals surface area contributed by atoms with E-state index in [1.165, 1.54) is 23.1 Å². The molecule has 1 unspecified atom stereocenters. The Bertz CT molecular complexity index is 767. The van der Waals surface area contributed by atoms with Gasteiger partial charge in [0.05, 0.1) is 16.5 Å². The quantitative estimate of drug-likeness (QED) is 0.685. The van der Waals surface area contributed by atoms with Crippen molar-refractivity contribution in [3.63, 3.8) is 0 Å². The van der Waals surface area contributed by atoms with Crippen LogP contribution >= 0.6 is 23.1 Å². The van der Waals surface area contributed by atoms with Crippen LogP contribution in [0.2, 0.25) is 0 Å². The van der Waals surface area contributed by atoms with Gasteiger partial charge in [0.1, 0.15) is 5.00 Å². The highest BCUT2D eigenvalue weighted by atomic mass is 32.2. The van der Waals surface area contributed by atoms with E-state index in [1.807, 2.05) is 13.8 Å². The lowest BCUT2D eigenvalue weighted by atomic mass is 10.3. The molecule has 2 aromatic rings. The van der Waals surface area contributed by atoms with Crippen molar-refractivity contribution in [1.29, 1.82) is 0 Å². The molecule has 8 heteroatoms. The molecule has 0 radical (unpaired) electrons. The van der Waals surface area contributed by atoms with Gasteiger partial charge in [0.15, 0.2) is 5.16 Å².